The highest BCUT2D eigenvalue weighted by molar-refractivity contribution is 7.87. The zero-order valence-corrected chi connectivity index (χ0v) is 11.0. The summed E-state index contributed by atoms with van der Waals surface area (Å²) >= 11 is 0. The molecule has 1 aliphatic heterocycles. The lowest BCUT2D eigenvalue weighted by Gasteiger charge is -2.47. The molecule has 1 aliphatic carbocycles. The first-order valence-electron chi connectivity index (χ1n) is 6.34. The lowest BCUT2D eigenvalue weighted by molar-refractivity contribution is -0.136. The molecule has 1 spiro atoms. The van der Waals surface area contributed by atoms with E-state index in [0.29, 0.717) is 13.0 Å². The third-order valence-corrected chi connectivity index (χ3v) is 6.12. The molecule has 1 saturated heterocycles. The number of carboxylic acids is 1. The van der Waals surface area contributed by atoms with Gasteiger partial charge in [-0.1, -0.05) is 6.92 Å². The number of carbonyl (C=O) groups is 1. The fraction of sp³-hybridized carbons (Fsp3) is 0.917. The summed E-state index contributed by atoms with van der Waals surface area (Å²) in [5.41, 5.74) is -0.0601. The molecule has 17 heavy (non-hydrogen) atoms. The summed E-state index contributed by atoms with van der Waals surface area (Å²) in [6.45, 7) is 2.42. The first-order valence-corrected chi connectivity index (χ1v) is 7.62. The van der Waals surface area contributed by atoms with E-state index in [1.54, 1.807) is 6.92 Å². The van der Waals surface area contributed by atoms with Crippen LogP contribution in [0.3, 0.4) is 0 Å². The van der Waals surface area contributed by atoms with Crippen LogP contribution in [0, 0.1) is 0 Å². The van der Waals surface area contributed by atoms with Gasteiger partial charge in [0, 0.05) is 22.7 Å². The van der Waals surface area contributed by atoms with Gasteiger partial charge in [0.05, 0.1) is 5.60 Å². The van der Waals surface area contributed by atoms with Crippen LogP contribution in [-0.2, 0) is 20.3 Å². The summed E-state index contributed by atoms with van der Waals surface area (Å²) in [6.07, 6.45) is 5.22. The van der Waals surface area contributed by atoms with Gasteiger partial charge < -0.3 is 9.84 Å². The van der Waals surface area contributed by atoms with E-state index >= 15 is 0 Å². The summed E-state index contributed by atoms with van der Waals surface area (Å²) in [7, 11) is -1.27. The van der Waals surface area contributed by atoms with E-state index < -0.39 is 22.0 Å². The average molecular weight is 260 g/mol. The molecule has 1 N–H and O–H groups in total. The Morgan fingerprint density at radius 1 is 1.59 bits per heavy atom. The Balaban J connectivity index is 2.01. The number of ether oxygens (including phenoxy) is 1. The Hall–Kier alpha value is -0.420. The lowest BCUT2D eigenvalue weighted by Crippen LogP contribution is -2.49. The third-order valence-electron chi connectivity index (χ3n) is 3.97. The van der Waals surface area contributed by atoms with Crippen molar-refractivity contribution in [3.05, 3.63) is 0 Å². The van der Waals surface area contributed by atoms with Gasteiger partial charge in [-0.15, -0.1) is 0 Å². The van der Waals surface area contributed by atoms with E-state index in [1.807, 2.05) is 0 Å². The van der Waals surface area contributed by atoms with E-state index in [-0.39, 0.29) is 10.9 Å². The van der Waals surface area contributed by atoms with Gasteiger partial charge in [-0.3, -0.25) is 9.00 Å². The van der Waals surface area contributed by atoms with Crippen molar-refractivity contribution < 1.29 is 18.8 Å². The van der Waals surface area contributed by atoms with E-state index in [9.17, 15) is 9.00 Å². The highest BCUT2D eigenvalue weighted by atomic mass is 32.2. The fourth-order valence-electron chi connectivity index (χ4n) is 2.77. The molecular weight excluding hydrogens is 240 g/mol. The van der Waals surface area contributed by atoms with E-state index in [4.69, 9.17) is 9.84 Å². The molecule has 0 amide bonds. The first kappa shape index (κ1) is 13.0. The van der Waals surface area contributed by atoms with Crippen molar-refractivity contribution in [2.24, 2.45) is 0 Å². The summed E-state index contributed by atoms with van der Waals surface area (Å²) in [6, 6.07) is 0. The standard InChI is InChI=1S/C12H20O4S/c1-2-10(11(13)14)17(15)9-4-7-16-12(8-9)5-3-6-12/h9-10H,2-8H2,1H3,(H,13,14). The predicted octanol–water partition coefficient (Wildman–Crippen LogP) is 1.70. The van der Waals surface area contributed by atoms with Gasteiger partial charge >= 0.3 is 5.97 Å². The van der Waals surface area contributed by atoms with Crippen LogP contribution < -0.4 is 0 Å². The molecule has 1 heterocycles. The minimum Gasteiger partial charge on any atom is -0.480 e. The SMILES string of the molecule is CCC(C(=O)O)S(=O)C1CCOC2(CCC2)C1. The zero-order chi connectivity index (χ0) is 12.5. The van der Waals surface area contributed by atoms with Gasteiger partial charge in [0.2, 0.25) is 0 Å². The van der Waals surface area contributed by atoms with Gasteiger partial charge in [0.1, 0.15) is 5.25 Å². The van der Waals surface area contributed by atoms with Crippen LogP contribution in [-0.4, -0.2) is 38.0 Å². The third kappa shape index (κ3) is 2.55. The normalized spacial score (nSPS) is 30.5. The van der Waals surface area contributed by atoms with Crippen molar-refractivity contribution in [1.82, 2.24) is 0 Å². The molecule has 2 rings (SSSR count). The first-order chi connectivity index (χ1) is 8.08. The largest absolute Gasteiger partial charge is 0.480 e. The minimum absolute atomic E-state index is 0.00472. The molecule has 1 saturated carbocycles. The topological polar surface area (TPSA) is 63.6 Å². The molecule has 4 nitrogen and oxygen atoms in total. The highest BCUT2D eigenvalue weighted by Gasteiger charge is 2.45. The molecule has 0 aromatic carbocycles. The Labute approximate surface area is 104 Å². The van der Waals surface area contributed by atoms with E-state index in [1.165, 1.54) is 6.42 Å². The molecule has 2 fully saturated rings. The summed E-state index contributed by atoms with van der Waals surface area (Å²) in [5, 5.41) is 8.34. The smallest absolute Gasteiger partial charge is 0.319 e. The van der Waals surface area contributed by atoms with Crippen molar-refractivity contribution >= 4 is 16.8 Å². The molecule has 5 heteroatoms. The quantitative estimate of drug-likeness (QED) is 0.835. The maximum absolute atomic E-state index is 12.3. The Morgan fingerprint density at radius 3 is 2.76 bits per heavy atom. The number of hydrogen-bond donors (Lipinski definition) is 1. The fourth-order valence-corrected chi connectivity index (χ4v) is 4.56. The van der Waals surface area contributed by atoms with Gasteiger partial charge in [-0.2, -0.15) is 0 Å². The predicted molar refractivity (Wildman–Crippen MR) is 65.4 cm³/mol. The van der Waals surface area contributed by atoms with Crippen molar-refractivity contribution in [2.45, 2.75) is 61.5 Å². The minimum atomic E-state index is -1.27. The number of carboxylic acid groups (broad SMARTS) is 1. The van der Waals surface area contributed by atoms with Crippen molar-refractivity contribution in [1.29, 1.82) is 0 Å². The maximum Gasteiger partial charge on any atom is 0.319 e. The second-order valence-electron chi connectivity index (χ2n) is 5.06. The zero-order valence-electron chi connectivity index (χ0n) is 10.2. The van der Waals surface area contributed by atoms with Gasteiger partial charge in [0.25, 0.3) is 0 Å². The van der Waals surface area contributed by atoms with Crippen LogP contribution in [0.2, 0.25) is 0 Å². The van der Waals surface area contributed by atoms with Crippen molar-refractivity contribution in [2.75, 3.05) is 6.61 Å². The molecule has 3 unspecified atom stereocenters. The number of aliphatic carboxylic acids is 1. The Kier molecular flexibility index (Phi) is 3.88. The van der Waals surface area contributed by atoms with Gasteiger partial charge in [-0.05, 0) is 38.5 Å². The molecule has 0 bridgehead atoms. The van der Waals surface area contributed by atoms with Crippen molar-refractivity contribution in [3.63, 3.8) is 0 Å². The Morgan fingerprint density at radius 2 is 2.29 bits per heavy atom. The summed E-state index contributed by atoms with van der Waals surface area (Å²) in [5.74, 6) is -0.931. The average Bonchev–Trinajstić information content (AvgIpc) is 2.27. The molecule has 0 radical (unpaired) electrons. The lowest BCUT2D eigenvalue weighted by atomic mass is 9.75. The van der Waals surface area contributed by atoms with Crippen LogP contribution in [0.15, 0.2) is 0 Å². The molecular formula is C12H20O4S. The monoisotopic (exact) mass is 260 g/mol. The maximum atomic E-state index is 12.3. The second kappa shape index (κ2) is 5.06. The van der Waals surface area contributed by atoms with E-state index in [2.05, 4.69) is 0 Å². The van der Waals surface area contributed by atoms with Crippen LogP contribution in [0.5, 0.6) is 0 Å². The molecule has 98 valence electrons. The van der Waals surface area contributed by atoms with Crippen molar-refractivity contribution in [3.8, 4) is 0 Å². The molecule has 3 atom stereocenters. The highest BCUT2D eigenvalue weighted by Crippen LogP contribution is 2.43. The van der Waals surface area contributed by atoms with E-state index in [0.717, 1.165) is 25.7 Å². The Bertz CT molecular complexity index is 324. The van der Waals surface area contributed by atoms with Gasteiger partial charge in [-0.25, -0.2) is 0 Å². The number of hydrogen-bond acceptors (Lipinski definition) is 3. The second-order valence-corrected chi connectivity index (χ2v) is 6.96. The summed E-state index contributed by atoms with van der Waals surface area (Å²) in [4.78, 5) is 11.0. The molecule has 2 aliphatic rings. The van der Waals surface area contributed by atoms with Crippen LogP contribution in [0.4, 0.5) is 0 Å². The number of rotatable bonds is 4. The van der Waals surface area contributed by atoms with Gasteiger partial charge in [0.15, 0.2) is 0 Å². The molecule has 0 aromatic heterocycles. The van der Waals surface area contributed by atoms with Crippen LogP contribution >= 0.6 is 0 Å². The van der Waals surface area contributed by atoms with Crippen LogP contribution in [0.1, 0.15) is 45.4 Å². The van der Waals surface area contributed by atoms with Crippen LogP contribution in [0.25, 0.3) is 0 Å². The molecule has 0 aromatic rings. The summed E-state index contributed by atoms with van der Waals surface area (Å²) < 4.78 is 18.0.